The highest BCUT2D eigenvalue weighted by molar-refractivity contribution is 7.68. The van der Waals surface area contributed by atoms with E-state index in [9.17, 15) is 47.7 Å². The van der Waals surface area contributed by atoms with Crippen LogP contribution < -0.4 is 41.7 Å². The van der Waals surface area contributed by atoms with Gasteiger partial charge in [0.25, 0.3) is 36.9 Å². The molecule has 2 aromatic rings. The molecule has 7 atom stereocenters. The van der Waals surface area contributed by atoms with E-state index in [4.69, 9.17) is 16.2 Å². The van der Waals surface area contributed by atoms with Crippen LogP contribution in [0.1, 0.15) is 38.3 Å². The lowest BCUT2D eigenvalue weighted by atomic mass is 10.2. The first-order valence-corrected chi connectivity index (χ1v) is 17.2. The Bertz CT molecular complexity index is 1470. The normalized spacial score (nSPS) is 25.4. The molecular weight excluding hydrogens is 644 g/mol. The van der Waals surface area contributed by atoms with Gasteiger partial charge in [0.15, 0.2) is 17.5 Å². The summed E-state index contributed by atoms with van der Waals surface area (Å²) < 4.78 is 72.8. The maximum atomic E-state index is 12.3. The molecule has 0 aromatic carbocycles. The summed E-state index contributed by atoms with van der Waals surface area (Å²) in [6.07, 6.45) is -3.10. The van der Waals surface area contributed by atoms with Crippen molar-refractivity contribution in [3.63, 3.8) is 0 Å². The topological polar surface area (TPSA) is 355 Å². The van der Waals surface area contributed by atoms with Crippen LogP contribution in [-0.4, -0.2) is 45.1 Å². The van der Waals surface area contributed by atoms with E-state index >= 15 is 0 Å². The molecular formula is C15H23N6O16P4-5. The molecule has 5 unspecified atom stereocenters. The second-order valence-corrected chi connectivity index (χ2v) is 14.2. The van der Waals surface area contributed by atoms with Crippen molar-refractivity contribution in [3.8, 4) is 0 Å². The van der Waals surface area contributed by atoms with Gasteiger partial charge >= 0.3 is 0 Å². The number of H-pyrrole nitrogens is 1. The van der Waals surface area contributed by atoms with Crippen LogP contribution in [0.5, 0.6) is 0 Å². The number of unbranched alkanes of at least 4 members (excludes halogenated alkanes) is 3. The van der Waals surface area contributed by atoms with Crippen molar-refractivity contribution >= 4 is 48.4 Å². The maximum Gasteiger partial charge on any atom is 0.280 e. The van der Waals surface area contributed by atoms with Crippen molar-refractivity contribution in [2.45, 2.75) is 50.7 Å². The lowest BCUT2D eigenvalue weighted by Gasteiger charge is -2.37. The van der Waals surface area contributed by atoms with Crippen molar-refractivity contribution in [1.29, 1.82) is 0 Å². The highest BCUT2D eigenvalue weighted by Crippen LogP contribution is 2.67. The average Bonchev–Trinajstić information content (AvgIpc) is 3.36. The standard InChI is InChI=1S/C15H27N6O16P4/c16-5-3-1-2-4-6-32-38(24,25)35-40(28,29)37-41(30,31)36-39(26,27)34-14-9(22)7-10(33-14)21-8-18-11-12(21)19-15(17)20-13(11)23/h8-10,14H,1-7,16H2,(H,24,25)(H,26,27)(H,28,29)(H,30,31)(H3,17,19,20,23)/q-1/p-4/t9?,10-,14-/m1/s1. The molecule has 41 heavy (non-hydrogen) atoms. The number of fused-ring (bicyclic) bond motifs is 1. The third-order valence-corrected chi connectivity index (χ3v) is 10.7. The summed E-state index contributed by atoms with van der Waals surface area (Å²) in [6.45, 7) is -0.112. The van der Waals surface area contributed by atoms with E-state index in [2.05, 4.69) is 36.9 Å². The number of hydrogen-bond donors (Lipinski definition) is 3. The van der Waals surface area contributed by atoms with Crippen LogP contribution >= 0.6 is 31.3 Å². The van der Waals surface area contributed by atoms with E-state index in [1.165, 1.54) is 0 Å². The molecule has 0 saturated carbocycles. The molecule has 1 aliphatic rings. The molecule has 0 spiro atoms. The van der Waals surface area contributed by atoms with E-state index < -0.39 is 68.5 Å². The number of phosphoric ester groups is 2. The van der Waals surface area contributed by atoms with Gasteiger partial charge in [-0.05, 0) is 25.8 Å². The number of hydrogen-bond acceptors (Lipinski definition) is 20. The van der Waals surface area contributed by atoms with E-state index in [1.54, 1.807) is 0 Å². The Morgan fingerprint density at radius 2 is 1.61 bits per heavy atom. The second kappa shape index (κ2) is 13.5. The first-order chi connectivity index (χ1) is 18.9. The van der Waals surface area contributed by atoms with Crippen LogP contribution in [-0.2, 0) is 45.0 Å². The molecule has 22 nitrogen and oxygen atoms in total. The number of nitrogen functional groups attached to an aromatic ring is 1. The molecule has 1 fully saturated rings. The van der Waals surface area contributed by atoms with Crippen molar-refractivity contribution in [3.05, 3.63) is 16.7 Å². The number of rotatable bonds is 16. The summed E-state index contributed by atoms with van der Waals surface area (Å²) >= 11 is 0. The van der Waals surface area contributed by atoms with E-state index in [0.717, 1.165) is 10.9 Å². The third kappa shape index (κ3) is 10.1. The second-order valence-electron chi connectivity index (χ2n) is 8.18. The zero-order valence-electron chi connectivity index (χ0n) is 20.6. The van der Waals surface area contributed by atoms with E-state index in [1.807, 2.05) is 0 Å². The van der Waals surface area contributed by atoms with Crippen LogP contribution in [0, 0.1) is 0 Å². The number of aromatic amines is 1. The summed E-state index contributed by atoms with van der Waals surface area (Å²) in [7, 11) is -24.6. The van der Waals surface area contributed by atoms with Crippen LogP contribution in [0.4, 0.5) is 5.95 Å². The third-order valence-electron chi connectivity index (χ3n) is 4.97. The Labute approximate surface area is 230 Å². The monoisotopic (exact) mass is 667 g/mol. The predicted octanol–water partition coefficient (Wildman–Crippen LogP) is -2.85. The van der Waals surface area contributed by atoms with Gasteiger partial charge in [0.1, 0.15) is 6.23 Å². The Morgan fingerprint density at radius 3 is 2.27 bits per heavy atom. The molecule has 1 aliphatic heterocycles. The van der Waals surface area contributed by atoms with Crippen molar-refractivity contribution in [1.82, 2.24) is 19.5 Å². The van der Waals surface area contributed by atoms with Gasteiger partial charge in [-0.15, -0.1) is 0 Å². The number of nitrogens with zero attached hydrogens (tertiary/aromatic N) is 3. The predicted molar refractivity (Wildman–Crippen MR) is 123 cm³/mol. The van der Waals surface area contributed by atoms with E-state index in [-0.39, 0.29) is 23.5 Å². The summed E-state index contributed by atoms with van der Waals surface area (Å²) in [4.78, 5) is 69.1. The highest BCUT2D eigenvalue weighted by Gasteiger charge is 2.36. The fourth-order valence-electron chi connectivity index (χ4n) is 3.38. The van der Waals surface area contributed by atoms with Crippen LogP contribution in [0.15, 0.2) is 11.1 Å². The molecule has 0 amide bonds. The Kier molecular flexibility index (Phi) is 11.2. The summed E-state index contributed by atoms with van der Waals surface area (Å²) in [5.74, 6) is -0.310. The summed E-state index contributed by atoms with van der Waals surface area (Å²) in [6, 6.07) is 0. The Morgan fingerprint density at radius 1 is 1.00 bits per heavy atom. The zero-order chi connectivity index (χ0) is 30.6. The molecule has 3 heterocycles. The SMILES string of the molecule is NCCCCCCOP(=O)([O-])OP(=O)([O-])OP(=O)([O-])OP(=O)([O-])O[C@H]1O[C@@H](n2cnc3c(=O)[nH]c(N)nc32)CC1[O-]. The number of phosphoric acid groups is 4. The Hall–Kier alpha value is -1.41. The van der Waals surface area contributed by atoms with Gasteiger partial charge in [-0.3, -0.25) is 37.1 Å². The minimum Gasteiger partial charge on any atom is -0.848 e. The van der Waals surface area contributed by atoms with Crippen LogP contribution in [0.2, 0.25) is 0 Å². The lowest BCUT2D eigenvalue weighted by molar-refractivity contribution is -0.443. The quantitative estimate of drug-likeness (QED) is 0.120. The summed E-state index contributed by atoms with van der Waals surface area (Å²) in [5.41, 5.74) is 9.71. The van der Waals surface area contributed by atoms with Gasteiger partial charge < -0.3 is 45.4 Å². The lowest BCUT2D eigenvalue weighted by Crippen LogP contribution is -2.36. The number of nitrogens with two attached hydrogens (primary N) is 2. The van der Waals surface area contributed by atoms with Crippen molar-refractivity contribution < 1.29 is 69.7 Å². The fourth-order valence-corrected chi connectivity index (χ4v) is 8.23. The molecule has 0 aliphatic carbocycles. The number of imidazole rings is 1. The first-order valence-electron chi connectivity index (χ1n) is 11.4. The van der Waals surface area contributed by atoms with Gasteiger partial charge in [-0.2, -0.15) is 4.98 Å². The van der Waals surface area contributed by atoms with Crippen LogP contribution in [0.3, 0.4) is 0 Å². The molecule has 0 radical (unpaired) electrons. The first kappa shape index (κ1) is 34.1. The maximum absolute atomic E-state index is 12.3. The van der Waals surface area contributed by atoms with Gasteiger partial charge in [0.05, 0.1) is 12.9 Å². The number of nitrogens with one attached hydrogen (secondary N) is 1. The van der Waals surface area contributed by atoms with E-state index in [0.29, 0.717) is 25.8 Å². The van der Waals surface area contributed by atoms with Crippen molar-refractivity contribution in [2.75, 3.05) is 18.9 Å². The van der Waals surface area contributed by atoms with Gasteiger partial charge in [-0.1, -0.05) is 18.9 Å². The number of anilines is 1. The van der Waals surface area contributed by atoms with Gasteiger partial charge in [0.2, 0.25) is 5.95 Å². The number of aromatic nitrogens is 4. The minimum absolute atomic E-state index is 0.138. The molecule has 234 valence electrons. The largest absolute Gasteiger partial charge is 0.848 e. The van der Waals surface area contributed by atoms with Gasteiger partial charge in [-0.25, -0.2) is 17.9 Å². The molecule has 3 rings (SSSR count). The molecule has 0 bridgehead atoms. The fraction of sp³-hybridized carbons (Fsp3) is 0.667. The highest BCUT2D eigenvalue weighted by atomic mass is 31.3. The summed E-state index contributed by atoms with van der Waals surface area (Å²) in [5, 5.41) is 12.3. The molecule has 2 aromatic heterocycles. The molecule has 5 N–H and O–H groups in total. The van der Waals surface area contributed by atoms with Crippen molar-refractivity contribution in [2.24, 2.45) is 5.73 Å². The van der Waals surface area contributed by atoms with Crippen LogP contribution in [0.25, 0.3) is 11.2 Å². The Balaban J connectivity index is 1.58. The van der Waals surface area contributed by atoms with Gasteiger partial charge in [0, 0.05) is 0 Å². The molecule has 26 heteroatoms. The average molecular weight is 667 g/mol. The smallest absolute Gasteiger partial charge is 0.280 e. The molecule has 1 saturated heterocycles. The minimum atomic E-state index is -6.46. The number of ether oxygens (including phenoxy) is 1. The zero-order valence-corrected chi connectivity index (χ0v) is 24.2.